The van der Waals surface area contributed by atoms with Crippen molar-refractivity contribution in [1.82, 2.24) is 0 Å². The van der Waals surface area contributed by atoms with E-state index in [-0.39, 0.29) is 5.43 Å². The van der Waals surface area contributed by atoms with Crippen LogP contribution in [0, 0.1) is 34.6 Å². The van der Waals surface area contributed by atoms with Crippen molar-refractivity contribution in [1.29, 1.82) is 0 Å². The molecule has 0 nitrogen and oxygen atoms in total. The maximum absolute atomic E-state index is 2.31. The Morgan fingerprint density at radius 1 is 0.655 bits per heavy atom. The summed E-state index contributed by atoms with van der Waals surface area (Å²) in [7, 11) is 0. The molecule has 0 bridgehead atoms. The van der Waals surface area contributed by atoms with Gasteiger partial charge in [-0.2, -0.15) is 28.3 Å². The van der Waals surface area contributed by atoms with Gasteiger partial charge in [0.2, 0.25) is 0 Å². The van der Waals surface area contributed by atoms with Crippen LogP contribution >= 0.6 is 0 Å². The van der Waals surface area contributed by atoms with E-state index in [1.807, 2.05) is 0 Å². The number of benzene rings is 2. The van der Waals surface area contributed by atoms with Gasteiger partial charge in [0.15, 0.2) is 0 Å². The van der Waals surface area contributed by atoms with Crippen molar-refractivity contribution in [3.05, 3.63) is 94.5 Å². The molecule has 2 heteroatoms. The van der Waals surface area contributed by atoms with Gasteiger partial charge in [-0.3, -0.25) is 0 Å². The largest absolute Gasteiger partial charge is 0.196 e. The van der Waals surface area contributed by atoms with Gasteiger partial charge in [0.1, 0.15) is 0 Å². The molecule has 0 radical (unpaired) electrons. The van der Waals surface area contributed by atoms with Gasteiger partial charge in [-0.15, -0.1) is 46.2 Å². The molecule has 29 heavy (non-hydrogen) atoms. The second-order valence-corrected chi connectivity index (χ2v) is 17.3. The van der Waals surface area contributed by atoms with Crippen LogP contribution in [-0.2, 0) is 23.3 Å². The van der Waals surface area contributed by atoms with Gasteiger partial charge >= 0.3 is 41.9 Å². The molecule has 0 amide bonds. The van der Waals surface area contributed by atoms with Crippen LogP contribution in [-0.4, -0.2) is 5.43 Å². The topological polar surface area (TPSA) is 0 Å². The smallest absolute Gasteiger partial charge is 0.0573 e. The van der Waals surface area contributed by atoms with E-state index in [4.69, 9.17) is 0 Å². The third-order valence-corrected chi connectivity index (χ3v) is 5.24. The molecule has 0 aliphatic heterocycles. The summed E-state index contributed by atoms with van der Waals surface area (Å²) >= 11 is 1.74. The predicted octanol–water partition coefficient (Wildman–Crippen LogP) is 7.96. The van der Waals surface area contributed by atoms with Crippen LogP contribution in [0.4, 0.5) is 0 Å². The molecule has 0 aliphatic rings. The Morgan fingerprint density at radius 2 is 1.14 bits per heavy atom. The SMILES string of the molecule is C[Si](C)=[Zr+2].Cc1[cH-]c(C)c(C)c1C.Cc1[cH-]c2ccccc2c1-c1ccccc1. The molecular formula is C27H32SiZr. The molecule has 0 aliphatic carbocycles. The van der Waals surface area contributed by atoms with E-state index >= 15 is 0 Å². The first-order valence-electron chi connectivity index (χ1n) is 10.1. The third-order valence-electron chi connectivity index (χ3n) is 5.24. The Bertz CT molecular complexity index is 1050. The van der Waals surface area contributed by atoms with Gasteiger partial charge in [-0.05, 0) is 0 Å². The third kappa shape index (κ3) is 6.49. The summed E-state index contributed by atoms with van der Waals surface area (Å²) in [4.78, 5) is 0. The first-order valence-corrected chi connectivity index (χ1v) is 16.3. The first kappa shape index (κ1) is 23.8. The van der Waals surface area contributed by atoms with Crippen LogP contribution in [0.15, 0.2) is 66.7 Å². The number of fused-ring (bicyclic) bond motifs is 1. The molecule has 0 saturated heterocycles. The van der Waals surface area contributed by atoms with Gasteiger partial charge in [-0.25, -0.2) is 0 Å². The normalized spacial score (nSPS) is 10.1. The zero-order valence-electron chi connectivity index (χ0n) is 18.9. The van der Waals surface area contributed by atoms with Gasteiger partial charge in [0, 0.05) is 0 Å². The minimum Gasteiger partial charge on any atom is -0.196 e. The number of rotatable bonds is 1. The Hall–Kier alpha value is -1.50. The number of hydrogen-bond donors (Lipinski definition) is 0. The average molecular weight is 476 g/mol. The fourth-order valence-corrected chi connectivity index (χ4v) is 3.49. The van der Waals surface area contributed by atoms with E-state index in [2.05, 4.69) is 114 Å². The molecule has 148 valence electrons. The quantitative estimate of drug-likeness (QED) is 0.193. The zero-order chi connectivity index (χ0) is 21.6. The minimum absolute atomic E-state index is 0.210. The van der Waals surface area contributed by atoms with Crippen LogP contribution in [0.1, 0.15) is 27.8 Å². The summed E-state index contributed by atoms with van der Waals surface area (Å²) in [5.41, 5.74) is 9.99. The Morgan fingerprint density at radius 3 is 1.62 bits per heavy atom. The second kappa shape index (κ2) is 11.0. The molecule has 0 spiro atoms. The summed E-state index contributed by atoms with van der Waals surface area (Å²) in [6.45, 7) is 15.5. The second-order valence-electron chi connectivity index (χ2n) is 7.92. The average Bonchev–Trinajstić information content (AvgIpc) is 3.13. The molecule has 0 fully saturated rings. The van der Waals surface area contributed by atoms with Crippen molar-refractivity contribution in [3.63, 3.8) is 0 Å². The van der Waals surface area contributed by atoms with Crippen LogP contribution in [0.3, 0.4) is 0 Å². The first-order chi connectivity index (χ1) is 13.7. The van der Waals surface area contributed by atoms with Crippen LogP contribution < -0.4 is 0 Å². The molecule has 0 atom stereocenters. The van der Waals surface area contributed by atoms with Crippen LogP contribution in [0.5, 0.6) is 0 Å². The summed E-state index contributed by atoms with van der Waals surface area (Å²) in [6.07, 6.45) is 0. The molecule has 0 heterocycles. The van der Waals surface area contributed by atoms with Crippen molar-refractivity contribution >= 4 is 16.2 Å². The van der Waals surface area contributed by atoms with E-state index < -0.39 is 0 Å². The maximum atomic E-state index is 2.31. The fraction of sp³-hybridized carbons (Fsp3) is 0.259. The van der Waals surface area contributed by atoms with E-state index in [0.717, 1.165) is 0 Å². The van der Waals surface area contributed by atoms with Gasteiger partial charge in [-0.1, -0.05) is 76.6 Å². The van der Waals surface area contributed by atoms with Crippen LogP contribution in [0.2, 0.25) is 13.1 Å². The van der Waals surface area contributed by atoms with E-state index in [9.17, 15) is 0 Å². The van der Waals surface area contributed by atoms with Crippen molar-refractivity contribution < 1.29 is 23.3 Å². The standard InChI is InChI=1S/C16H13.C9H13.C2H6Si.Zr/c1-12-11-14-9-5-6-10-15(14)16(12)13-7-3-2-4-8-13;1-6-5-7(2)9(4)8(6)3;1-3-2;/h2-11H,1H3;5H,1-4H3;1-2H3;/q2*-1;;+2. The Labute approximate surface area is 192 Å². The number of hydrogen-bond acceptors (Lipinski definition) is 0. The zero-order valence-corrected chi connectivity index (χ0v) is 22.3. The molecular weight excluding hydrogens is 444 g/mol. The molecule has 4 aromatic rings. The molecule has 4 rings (SSSR count). The van der Waals surface area contributed by atoms with Crippen LogP contribution in [0.25, 0.3) is 21.9 Å². The summed E-state index contributed by atoms with van der Waals surface area (Å²) in [6, 6.07) is 23.7. The van der Waals surface area contributed by atoms with Crippen molar-refractivity contribution in [2.45, 2.75) is 47.7 Å². The minimum atomic E-state index is 0.210. The van der Waals surface area contributed by atoms with Crippen molar-refractivity contribution in [3.8, 4) is 11.1 Å². The van der Waals surface area contributed by atoms with Gasteiger partial charge in [0.05, 0.1) is 0 Å². The summed E-state index contributed by atoms with van der Waals surface area (Å²) in [5.74, 6) is 0. The van der Waals surface area contributed by atoms with Crippen molar-refractivity contribution in [2.75, 3.05) is 0 Å². The van der Waals surface area contributed by atoms with E-state index in [1.165, 1.54) is 49.7 Å². The Balaban J connectivity index is 0.000000195. The predicted molar refractivity (Wildman–Crippen MR) is 128 cm³/mol. The summed E-state index contributed by atoms with van der Waals surface area (Å²) in [5, 5.41) is 2.69. The maximum Gasteiger partial charge on any atom is -0.0573 e. The molecule has 0 unspecified atom stereocenters. The van der Waals surface area contributed by atoms with Gasteiger partial charge in [0.25, 0.3) is 0 Å². The number of aryl methyl sites for hydroxylation is 3. The van der Waals surface area contributed by atoms with Gasteiger partial charge < -0.3 is 0 Å². The van der Waals surface area contributed by atoms with E-state index in [0.29, 0.717) is 0 Å². The monoisotopic (exact) mass is 474 g/mol. The fourth-order valence-electron chi connectivity index (χ4n) is 3.49. The molecule has 0 saturated carbocycles. The Kier molecular flexibility index (Phi) is 9.05. The molecule has 0 N–H and O–H groups in total. The van der Waals surface area contributed by atoms with Crippen molar-refractivity contribution in [2.24, 2.45) is 0 Å². The molecule has 4 aromatic carbocycles. The van der Waals surface area contributed by atoms with E-state index in [1.54, 1.807) is 23.3 Å². The molecule has 0 aromatic heterocycles. The summed E-state index contributed by atoms with van der Waals surface area (Å²) < 4.78 is 0.